The number of piperazine rings is 1. The summed E-state index contributed by atoms with van der Waals surface area (Å²) in [5, 5.41) is 0. The molecule has 1 aliphatic rings. The molecule has 0 unspecified atom stereocenters. The fraction of sp³-hybridized carbons (Fsp3) is 0.529. The van der Waals surface area contributed by atoms with Gasteiger partial charge in [0.25, 0.3) is 0 Å². The van der Waals surface area contributed by atoms with Gasteiger partial charge in [-0.25, -0.2) is 0 Å². The predicted octanol–water partition coefficient (Wildman–Crippen LogP) is 2.58. The molecule has 0 N–H and O–H groups in total. The average Bonchev–Trinajstić information content (AvgIpc) is 2.39. The molecule has 0 bridgehead atoms. The molecular formula is C17H24N2. The van der Waals surface area contributed by atoms with E-state index < -0.39 is 0 Å². The molecule has 1 saturated heterocycles. The van der Waals surface area contributed by atoms with Crippen molar-refractivity contribution in [3.8, 4) is 12.3 Å². The number of terminal acetylenes is 1. The summed E-state index contributed by atoms with van der Waals surface area (Å²) in [7, 11) is 0. The van der Waals surface area contributed by atoms with Crippen LogP contribution in [-0.2, 0) is 6.54 Å². The fourth-order valence-electron chi connectivity index (χ4n) is 2.54. The van der Waals surface area contributed by atoms with Crippen molar-refractivity contribution in [3.05, 3.63) is 35.4 Å². The maximum Gasteiger partial charge on any atom is 0.0242 e. The summed E-state index contributed by atoms with van der Waals surface area (Å²) in [4.78, 5) is 5.08. The second kappa shape index (κ2) is 5.77. The Hall–Kier alpha value is -1.30. The Balaban J connectivity index is 1.87. The van der Waals surface area contributed by atoms with Crippen molar-refractivity contribution < 1.29 is 0 Å². The molecule has 0 aliphatic carbocycles. The quantitative estimate of drug-likeness (QED) is 0.750. The highest BCUT2D eigenvalue weighted by atomic mass is 15.3. The summed E-state index contributed by atoms with van der Waals surface area (Å²) in [5.74, 6) is 2.66. The van der Waals surface area contributed by atoms with Crippen LogP contribution in [0.5, 0.6) is 0 Å². The van der Waals surface area contributed by atoms with E-state index in [-0.39, 0.29) is 0 Å². The van der Waals surface area contributed by atoms with Crippen molar-refractivity contribution in [1.82, 2.24) is 9.80 Å². The lowest BCUT2D eigenvalue weighted by Crippen LogP contribution is -2.53. The van der Waals surface area contributed by atoms with Crippen molar-refractivity contribution in [1.29, 1.82) is 0 Å². The molecule has 0 amide bonds. The van der Waals surface area contributed by atoms with Crippen molar-refractivity contribution >= 4 is 0 Å². The minimum absolute atomic E-state index is 0.292. The van der Waals surface area contributed by atoms with E-state index in [1.54, 1.807) is 0 Å². The van der Waals surface area contributed by atoms with Crippen LogP contribution >= 0.6 is 0 Å². The van der Waals surface area contributed by atoms with Crippen molar-refractivity contribution in [2.75, 3.05) is 26.2 Å². The second-order valence-corrected chi connectivity index (χ2v) is 6.28. The zero-order valence-electron chi connectivity index (χ0n) is 12.3. The Bertz CT molecular complexity index is 440. The first-order valence-corrected chi connectivity index (χ1v) is 7.02. The van der Waals surface area contributed by atoms with Gasteiger partial charge >= 0.3 is 0 Å². The summed E-state index contributed by atoms with van der Waals surface area (Å²) in [6.45, 7) is 12.5. The van der Waals surface area contributed by atoms with Gasteiger partial charge in [0.1, 0.15) is 0 Å². The molecule has 2 heteroatoms. The van der Waals surface area contributed by atoms with Gasteiger partial charge in [-0.05, 0) is 38.5 Å². The summed E-state index contributed by atoms with van der Waals surface area (Å²) in [6.07, 6.45) is 5.37. The Labute approximate surface area is 117 Å². The van der Waals surface area contributed by atoms with Crippen LogP contribution in [0.25, 0.3) is 0 Å². The van der Waals surface area contributed by atoms with Crippen LogP contribution < -0.4 is 0 Å². The molecule has 2 nitrogen and oxygen atoms in total. The third kappa shape index (κ3) is 3.83. The predicted molar refractivity (Wildman–Crippen MR) is 81.0 cm³/mol. The third-order valence-electron chi connectivity index (χ3n) is 3.85. The molecule has 2 rings (SSSR count). The van der Waals surface area contributed by atoms with Crippen LogP contribution in [0.2, 0.25) is 0 Å². The van der Waals surface area contributed by atoms with Gasteiger partial charge in [0.15, 0.2) is 0 Å². The van der Waals surface area contributed by atoms with Gasteiger partial charge in [0.05, 0.1) is 0 Å². The molecule has 0 radical (unpaired) electrons. The first-order valence-electron chi connectivity index (χ1n) is 7.02. The van der Waals surface area contributed by atoms with E-state index in [4.69, 9.17) is 6.42 Å². The summed E-state index contributed by atoms with van der Waals surface area (Å²) >= 11 is 0. The number of nitrogens with zero attached hydrogens (tertiary/aromatic N) is 2. The van der Waals surface area contributed by atoms with Gasteiger partial charge in [-0.15, -0.1) is 6.42 Å². The fourth-order valence-corrected chi connectivity index (χ4v) is 2.54. The van der Waals surface area contributed by atoms with Gasteiger partial charge in [-0.2, -0.15) is 0 Å². The number of hydrogen-bond donors (Lipinski definition) is 0. The second-order valence-electron chi connectivity index (χ2n) is 6.28. The van der Waals surface area contributed by atoms with E-state index in [1.165, 1.54) is 5.56 Å². The smallest absolute Gasteiger partial charge is 0.0242 e. The maximum absolute atomic E-state index is 5.37. The van der Waals surface area contributed by atoms with Crippen LogP contribution in [-0.4, -0.2) is 41.5 Å². The molecule has 0 atom stereocenters. The van der Waals surface area contributed by atoms with Gasteiger partial charge in [-0.1, -0.05) is 18.1 Å². The third-order valence-corrected chi connectivity index (χ3v) is 3.85. The Kier molecular flexibility index (Phi) is 4.29. The van der Waals surface area contributed by atoms with E-state index in [0.29, 0.717) is 5.54 Å². The highest BCUT2D eigenvalue weighted by Crippen LogP contribution is 2.17. The van der Waals surface area contributed by atoms with Crippen molar-refractivity contribution in [2.45, 2.75) is 32.9 Å². The lowest BCUT2D eigenvalue weighted by atomic mass is 10.0. The van der Waals surface area contributed by atoms with Crippen LogP contribution in [0, 0.1) is 12.3 Å². The van der Waals surface area contributed by atoms with E-state index in [9.17, 15) is 0 Å². The first-order chi connectivity index (χ1) is 8.99. The van der Waals surface area contributed by atoms with Gasteiger partial charge < -0.3 is 0 Å². The van der Waals surface area contributed by atoms with Crippen LogP contribution in [0.4, 0.5) is 0 Å². The molecule has 1 fully saturated rings. The minimum atomic E-state index is 0.292. The van der Waals surface area contributed by atoms with Crippen LogP contribution in [0.15, 0.2) is 24.3 Å². The lowest BCUT2D eigenvalue weighted by molar-refractivity contribution is 0.0591. The summed E-state index contributed by atoms with van der Waals surface area (Å²) in [6, 6.07) is 8.35. The average molecular weight is 256 g/mol. The Morgan fingerprint density at radius 3 is 2.11 bits per heavy atom. The van der Waals surface area contributed by atoms with E-state index in [2.05, 4.69) is 48.6 Å². The standard InChI is InChI=1S/C17H24N2/c1-5-15-6-8-16(9-7-15)14-18-10-12-19(13-11-18)17(2,3)4/h1,6-9H,10-14H2,2-4H3. The monoisotopic (exact) mass is 256 g/mol. The maximum atomic E-state index is 5.37. The van der Waals surface area contributed by atoms with Crippen LogP contribution in [0.1, 0.15) is 31.9 Å². The van der Waals surface area contributed by atoms with Gasteiger partial charge in [0.2, 0.25) is 0 Å². The highest BCUT2D eigenvalue weighted by Gasteiger charge is 2.25. The van der Waals surface area contributed by atoms with Crippen molar-refractivity contribution in [2.24, 2.45) is 0 Å². The molecule has 1 aromatic rings. The largest absolute Gasteiger partial charge is 0.297 e. The summed E-state index contributed by atoms with van der Waals surface area (Å²) in [5.41, 5.74) is 2.60. The SMILES string of the molecule is C#Cc1ccc(CN2CCN(C(C)(C)C)CC2)cc1. The zero-order valence-corrected chi connectivity index (χ0v) is 12.3. The molecule has 1 heterocycles. The van der Waals surface area contributed by atoms with E-state index in [0.717, 1.165) is 38.3 Å². The van der Waals surface area contributed by atoms with E-state index >= 15 is 0 Å². The zero-order chi connectivity index (χ0) is 13.9. The van der Waals surface area contributed by atoms with Gasteiger partial charge in [0, 0.05) is 43.8 Å². The molecule has 19 heavy (non-hydrogen) atoms. The summed E-state index contributed by atoms with van der Waals surface area (Å²) < 4.78 is 0. The molecule has 102 valence electrons. The van der Waals surface area contributed by atoms with E-state index in [1.807, 2.05) is 12.1 Å². The van der Waals surface area contributed by atoms with Gasteiger partial charge in [-0.3, -0.25) is 9.80 Å². The normalized spacial score (nSPS) is 18.2. The molecular weight excluding hydrogens is 232 g/mol. The number of rotatable bonds is 2. The Morgan fingerprint density at radius 1 is 1.05 bits per heavy atom. The molecule has 0 saturated carbocycles. The Morgan fingerprint density at radius 2 is 1.63 bits per heavy atom. The molecule has 0 spiro atoms. The molecule has 1 aliphatic heterocycles. The number of benzene rings is 1. The van der Waals surface area contributed by atoms with Crippen LogP contribution in [0.3, 0.4) is 0 Å². The lowest BCUT2D eigenvalue weighted by Gasteiger charge is -2.42. The first kappa shape index (κ1) is 14.1. The van der Waals surface area contributed by atoms with Crippen molar-refractivity contribution in [3.63, 3.8) is 0 Å². The highest BCUT2D eigenvalue weighted by molar-refractivity contribution is 5.34. The number of hydrogen-bond acceptors (Lipinski definition) is 2. The molecule has 1 aromatic carbocycles. The minimum Gasteiger partial charge on any atom is -0.297 e. The molecule has 0 aromatic heterocycles. The topological polar surface area (TPSA) is 6.48 Å².